The average Bonchev–Trinajstić information content (AvgIpc) is 3.01. The van der Waals surface area contributed by atoms with E-state index in [9.17, 15) is 5.11 Å². The molecule has 2 aliphatic carbocycles. The molecule has 2 N–H and O–H groups in total. The molecule has 3 heteroatoms. The Bertz CT molecular complexity index is 435. The molecule has 0 saturated heterocycles. The summed E-state index contributed by atoms with van der Waals surface area (Å²) < 4.78 is 6.18. The first-order valence-corrected chi connectivity index (χ1v) is 8.47. The quantitative estimate of drug-likeness (QED) is 0.873. The fraction of sp³-hybridized carbons (Fsp3) is 0.667. The molecule has 0 spiro atoms. The molecule has 3 rings (SSSR count). The van der Waals surface area contributed by atoms with E-state index in [4.69, 9.17) is 4.74 Å². The van der Waals surface area contributed by atoms with Crippen molar-refractivity contribution in [3.05, 3.63) is 29.8 Å². The van der Waals surface area contributed by atoms with Crippen LogP contribution in [0.25, 0.3) is 0 Å². The van der Waals surface area contributed by atoms with E-state index in [2.05, 4.69) is 29.6 Å². The third kappa shape index (κ3) is 4.21. The van der Waals surface area contributed by atoms with Crippen LogP contribution in [0.4, 0.5) is 0 Å². The van der Waals surface area contributed by atoms with Gasteiger partial charge in [0.05, 0.1) is 12.2 Å². The molecule has 116 valence electrons. The normalized spacial score (nSPS) is 26.9. The summed E-state index contributed by atoms with van der Waals surface area (Å²) in [6.07, 6.45) is 9.34. The van der Waals surface area contributed by atoms with Crippen LogP contribution in [0.5, 0.6) is 5.75 Å². The summed E-state index contributed by atoms with van der Waals surface area (Å²) in [5.41, 5.74) is 1.26. The molecule has 0 heterocycles. The summed E-state index contributed by atoms with van der Waals surface area (Å²) in [6.45, 7) is 0.865. The molecule has 0 aliphatic heterocycles. The van der Waals surface area contributed by atoms with Crippen LogP contribution in [0.15, 0.2) is 24.3 Å². The van der Waals surface area contributed by atoms with Crippen molar-refractivity contribution in [3.63, 3.8) is 0 Å². The second-order valence-corrected chi connectivity index (χ2v) is 6.52. The molecule has 1 aromatic rings. The molecule has 0 atom stereocenters. The van der Waals surface area contributed by atoms with Gasteiger partial charge in [0.1, 0.15) is 5.75 Å². The second kappa shape index (κ2) is 7.28. The standard InChI is InChI=1S/C18H27NO2/c20-16-11-9-15(10-12-16)19-13-14-5-1-4-8-18(14)21-17-6-2-3-7-17/h1,4-5,8,15-17,19-20H,2-3,6-7,9-13H2. The minimum atomic E-state index is -0.0824. The van der Waals surface area contributed by atoms with E-state index in [1.807, 2.05) is 0 Å². The maximum atomic E-state index is 9.57. The van der Waals surface area contributed by atoms with Crippen molar-refractivity contribution in [1.82, 2.24) is 5.32 Å². The van der Waals surface area contributed by atoms with Crippen LogP contribution in [0.3, 0.4) is 0 Å². The number of rotatable bonds is 5. The van der Waals surface area contributed by atoms with Crippen molar-refractivity contribution in [2.45, 2.75) is 76.2 Å². The molecule has 2 fully saturated rings. The predicted molar refractivity (Wildman–Crippen MR) is 84.4 cm³/mol. The fourth-order valence-electron chi connectivity index (χ4n) is 3.48. The maximum Gasteiger partial charge on any atom is 0.124 e. The number of hydrogen-bond acceptors (Lipinski definition) is 3. The van der Waals surface area contributed by atoms with Crippen molar-refractivity contribution < 1.29 is 9.84 Å². The third-order valence-electron chi connectivity index (χ3n) is 4.85. The van der Waals surface area contributed by atoms with E-state index in [0.29, 0.717) is 12.1 Å². The minimum Gasteiger partial charge on any atom is -0.490 e. The zero-order valence-electron chi connectivity index (χ0n) is 12.8. The number of hydrogen-bond donors (Lipinski definition) is 2. The molecule has 0 aromatic heterocycles. The molecule has 0 amide bonds. The van der Waals surface area contributed by atoms with Gasteiger partial charge in [0.25, 0.3) is 0 Å². The van der Waals surface area contributed by atoms with E-state index >= 15 is 0 Å². The van der Waals surface area contributed by atoms with Crippen LogP contribution in [0, 0.1) is 0 Å². The minimum absolute atomic E-state index is 0.0824. The van der Waals surface area contributed by atoms with Crippen molar-refractivity contribution in [2.75, 3.05) is 0 Å². The smallest absolute Gasteiger partial charge is 0.124 e. The molecular weight excluding hydrogens is 262 g/mol. The molecule has 3 nitrogen and oxygen atoms in total. The van der Waals surface area contributed by atoms with Gasteiger partial charge in [0, 0.05) is 18.2 Å². The lowest BCUT2D eigenvalue weighted by molar-refractivity contribution is 0.116. The molecule has 0 bridgehead atoms. The summed E-state index contributed by atoms with van der Waals surface area (Å²) in [4.78, 5) is 0. The second-order valence-electron chi connectivity index (χ2n) is 6.52. The van der Waals surface area contributed by atoms with Crippen LogP contribution in [-0.4, -0.2) is 23.4 Å². The van der Waals surface area contributed by atoms with Gasteiger partial charge in [0.15, 0.2) is 0 Å². The number of nitrogens with one attached hydrogen (secondary N) is 1. The number of aliphatic hydroxyl groups is 1. The Morgan fingerprint density at radius 2 is 1.71 bits per heavy atom. The topological polar surface area (TPSA) is 41.5 Å². The lowest BCUT2D eigenvalue weighted by Gasteiger charge is -2.26. The largest absolute Gasteiger partial charge is 0.490 e. The summed E-state index contributed by atoms with van der Waals surface area (Å²) in [7, 11) is 0. The highest BCUT2D eigenvalue weighted by molar-refractivity contribution is 5.33. The van der Waals surface area contributed by atoms with Crippen LogP contribution in [-0.2, 0) is 6.54 Å². The van der Waals surface area contributed by atoms with Gasteiger partial charge in [-0.3, -0.25) is 0 Å². The number of ether oxygens (including phenoxy) is 1. The van der Waals surface area contributed by atoms with Gasteiger partial charge in [-0.15, -0.1) is 0 Å². The van der Waals surface area contributed by atoms with Gasteiger partial charge in [0.2, 0.25) is 0 Å². The van der Waals surface area contributed by atoms with Crippen molar-refractivity contribution in [2.24, 2.45) is 0 Å². The average molecular weight is 289 g/mol. The summed E-state index contributed by atoms with van der Waals surface area (Å²) in [6, 6.07) is 8.94. The first-order valence-electron chi connectivity index (χ1n) is 8.47. The Hall–Kier alpha value is -1.06. The third-order valence-corrected chi connectivity index (χ3v) is 4.85. The first kappa shape index (κ1) is 14.9. The van der Waals surface area contributed by atoms with Crippen molar-refractivity contribution in [1.29, 1.82) is 0 Å². The van der Waals surface area contributed by atoms with Gasteiger partial charge in [-0.05, 0) is 57.4 Å². The Kier molecular flexibility index (Phi) is 5.15. The highest BCUT2D eigenvalue weighted by Gasteiger charge is 2.20. The number of benzene rings is 1. The molecule has 2 saturated carbocycles. The fourth-order valence-corrected chi connectivity index (χ4v) is 3.48. The molecule has 21 heavy (non-hydrogen) atoms. The summed E-state index contributed by atoms with van der Waals surface area (Å²) >= 11 is 0. The molecule has 2 aliphatic rings. The Morgan fingerprint density at radius 1 is 1.00 bits per heavy atom. The van der Waals surface area contributed by atoms with E-state index < -0.39 is 0 Å². The lowest BCUT2D eigenvalue weighted by atomic mass is 9.93. The van der Waals surface area contributed by atoms with Gasteiger partial charge in [-0.1, -0.05) is 18.2 Å². The highest BCUT2D eigenvalue weighted by atomic mass is 16.5. The lowest BCUT2D eigenvalue weighted by Crippen LogP contribution is -2.34. The van der Waals surface area contributed by atoms with E-state index in [-0.39, 0.29) is 6.10 Å². The number of para-hydroxylation sites is 1. The maximum absolute atomic E-state index is 9.57. The predicted octanol–water partition coefficient (Wildman–Crippen LogP) is 3.40. The Morgan fingerprint density at radius 3 is 2.48 bits per heavy atom. The van der Waals surface area contributed by atoms with E-state index in [1.165, 1.54) is 31.2 Å². The zero-order valence-corrected chi connectivity index (χ0v) is 12.8. The van der Waals surface area contributed by atoms with Gasteiger partial charge >= 0.3 is 0 Å². The number of aliphatic hydroxyl groups excluding tert-OH is 1. The molecule has 0 unspecified atom stereocenters. The summed E-state index contributed by atoms with van der Waals surface area (Å²) in [5, 5.41) is 13.2. The molecular formula is C18H27NO2. The van der Waals surface area contributed by atoms with Crippen molar-refractivity contribution >= 4 is 0 Å². The van der Waals surface area contributed by atoms with Gasteiger partial charge < -0.3 is 15.2 Å². The van der Waals surface area contributed by atoms with Gasteiger partial charge in [-0.2, -0.15) is 0 Å². The summed E-state index contributed by atoms with van der Waals surface area (Å²) in [5.74, 6) is 1.05. The van der Waals surface area contributed by atoms with Crippen LogP contribution in [0.1, 0.15) is 56.9 Å². The van der Waals surface area contributed by atoms with E-state index in [0.717, 1.165) is 38.0 Å². The zero-order chi connectivity index (χ0) is 14.5. The van der Waals surface area contributed by atoms with Crippen LogP contribution >= 0.6 is 0 Å². The van der Waals surface area contributed by atoms with E-state index in [1.54, 1.807) is 0 Å². The molecule has 0 radical (unpaired) electrons. The van der Waals surface area contributed by atoms with Crippen LogP contribution in [0.2, 0.25) is 0 Å². The monoisotopic (exact) mass is 289 g/mol. The first-order chi connectivity index (χ1) is 10.3. The SMILES string of the molecule is OC1CCC(NCc2ccccc2OC2CCCC2)CC1. The Labute approximate surface area is 127 Å². The van der Waals surface area contributed by atoms with Crippen LogP contribution < -0.4 is 10.1 Å². The Balaban J connectivity index is 1.54. The van der Waals surface area contributed by atoms with Gasteiger partial charge in [-0.25, -0.2) is 0 Å². The highest BCUT2D eigenvalue weighted by Crippen LogP contribution is 2.27. The van der Waals surface area contributed by atoms with Crippen molar-refractivity contribution in [3.8, 4) is 5.75 Å². The molecule has 1 aromatic carbocycles.